The maximum atomic E-state index is 5.89. The van der Waals surface area contributed by atoms with Gasteiger partial charge in [0.05, 0.1) is 5.39 Å². The molecule has 3 N–H and O–H groups in total. The standard InChI is InChI=1S/C20H18N4O/c1-13(14-6-3-2-4-7-14)24-19-17-11-18(25-20(17)23-12-22-19)15-8-5-9-16(21)10-15/h2-13H,21H2,1H3,(H,22,23,24)/t13-/m1/s1. The van der Waals surface area contributed by atoms with Gasteiger partial charge in [-0.1, -0.05) is 42.5 Å². The summed E-state index contributed by atoms with van der Waals surface area (Å²) in [5.74, 6) is 1.47. The molecule has 0 aliphatic heterocycles. The normalized spacial score (nSPS) is 12.2. The van der Waals surface area contributed by atoms with Crippen LogP contribution in [-0.2, 0) is 0 Å². The number of nitrogen functional groups attached to an aromatic ring is 1. The zero-order valence-corrected chi connectivity index (χ0v) is 13.8. The second-order valence-corrected chi connectivity index (χ2v) is 5.95. The summed E-state index contributed by atoms with van der Waals surface area (Å²) in [7, 11) is 0. The Morgan fingerprint density at radius 3 is 2.64 bits per heavy atom. The van der Waals surface area contributed by atoms with Gasteiger partial charge in [-0.25, -0.2) is 9.97 Å². The van der Waals surface area contributed by atoms with Gasteiger partial charge in [0.15, 0.2) is 0 Å². The van der Waals surface area contributed by atoms with Gasteiger partial charge >= 0.3 is 0 Å². The lowest BCUT2D eigenvalue weighted by atomic mass is 10.1. The Morgan fingerprint density at radius 1 is 1.00 bits per heavy atom. The first kappa shape index (κ1) is 15.2. The summed E-state index contributed by atoms with van der Waals surface area (Å²) in [5.41, 5.74) is 9.22. The molecule has 25 heavy (non-hydrogen) atoms. The Bertz CT molecular complexity index is 1010. The highest BCUT2D eigenvalue weighted by atomic mass is 16.3. The zero-order chi connectivity index (χ0) is 17.2. The van der Waals surface area contributed by atoms with Crippen molar-refractivity contribution in [3.8, 4) is 11.3 Å². The smallest absolute Gasteiger partial charge is 0.231 e. The van der Waals surface area contributed by atoms with Gasteiger partial charge in [0.1, 0.15) is 17.9 Å². The predicted molar refractivity (Wildman–Crippen MR) is 100 cm³/mol. The second kappa shape index (κ2) is 6.28. The van der Waals surface area contributed by atoms with Crippen LogP contribution < -0.4 is 11.1 Å². The minimum atomic E-state index is 0.116. The molecule has 0 bridgehead atoms. The first-order valence-electron chi connectivity index (χ1n) is 8.12. The molecule has 0 saturated carbocycles. The quantitative estimate of drug-likeness (QED) is 0.533. The van der Waals surface area contributed by atoms with Crippen LogP contribution in [0.25, 0.3) is 22.4 Å². The molecule has 4 aromatic rings. The molecular formula is C20H18N4O. The number of aromatic nitrogens is 2. The first-order valence-corrected chi connectivity index (χ1v) is 8.12. The number of hydrogen-bond donors (Lipinski definition) is 2. The maximum absolute atomic E-state index is 5.89. The fourth-order valence-electron chi connectivity index (χ4n) is 2.83. The Balaban J connectivity index is 1.70. The van der Waals surface area contributed by atoms with Crippen molar-refractivity contribution in [2.75, 3.05) is 11.1 Å². The average molecular weight is 330 g/mol. The van der Waals surface area contributed by atoms with E-state index < -0.39 is 0 Å². The lowest BCUT2D eigenvalue weighted by Crippen LogP contribution is -2.08. The number of anilines is 2. The molecular weight excluding hydrogens is 312 g/mol. The lowest BCUT2D eigenvalue weighted by Gasteiger charge is -2.14. The molecule has 0 amide bonds. The summed E-state index contributed by atoms with van der Waals surface area (Å²) < 4.78 is 5.89. The Hall–Kier alpha value is -3.34. The number of hydrogen-bond acceptors (Lipinski definition) is 5. The van der Waals surface area contributed by atoms with Gasteiger partial charge in [-0.2, -0.15) is 0 Å². The van der Waals surface area contributed by atoms with Gasteiger partial charge in [0.25, 0.3) is 0 Å². The van der Waals surface area contributed by atoms with E-state index in [0.29, 0.717) is 11.4 Å². The molecule has 5 nitrogen and oxygen atoms in total. The number of nitrogens with zero attached hydrogens (tertiary/aromatic N) is 2. The third-order valence-electron chi connectivity index (χ3n) is 4.15. The summed E-state index contributed by atoms with van der Waals surface area (Å²) in [5, 5.41) is 4.29. The summed E-state index contributed by atoms with van der Waals surface area (Å²) in [6.45, 7) is 2.10. The van der Waals surface area contributed by atoms with E-state index in [1.807, 2.05) is 48.5 Å². The number of rotatable bonds is 4. The Morgan fingerprint density at radius 2 is 1.84 bits per heavy atom. The van der Waals surface area contributed by atoms with Crippen LogP contribution in [0.2, 0.25) is 0 Å². The summed E-state index contributed by atoms with van der Waals surface area (Å²) >= 11 is 0. The van der Waals surface area contributed by atoms with Crippen molar-refractivity contribution in [1.29, 1.82) is 0 Å². The van der Waals surface area contributed by atoms with E-state index in [0.717, 1.165) is 22.5 Å². The van der Waals surface area contributed by atoms with Gasteiger partial charge in [-0.05, 0) is 30.7 Å². The number of benzene rings is 2. The second-order valence-electron chi connectivity index (χ2n) is 5.95. The van der Waals surface area contributed by atoms with Crippen molar-refractivity contribution >= 4 is 22.6 Å². The molecule has 124 valence electrons. The Kier molecular flexibility index (Phi) is 3.82. The van der Waals surface area contributed by atoms with E-state index in [9.17, 15) is 0 Å². The zero-order valence-electron chi connectivity index (χ0n) is 13.8. The van der Waals surface area contributed by atoms with Crippen LogP contribution in [0.15, 0.2) is 71.4 Å². The van der Waals surface area contributed by atoms with Gasteiger partial charge in [-0.15, -0.1) is 0 Å². The van der Waals surface area contributed by atoms with Crippen molar-refractivity contribution in [2.45, 2.75) is 13.0 Å². The van der Waals surface area contributed by atoms with Gasteiger partial charge in [0, 0.05) is 17.3 Å². The highest BCUT2D eigenvalue weighted by Crippen LogP contribution is 2.31. The molecule has 0 fully saturated rings. The van der Waals surface area contributed by atoms with E-state index in [2.05, 4.69) is 34.3 Å². The summed E-state index contributed by atoms with van der Waals surface area (Å²) in [6, 6.07) is 19.9. The summed E-state index contributed by atoms with van der Waals surface area (Å²) in [4.78, 5) is 8.63. The van der Waals surface area contributed by atoms with Crippen LogP contribution >= 0.6 is 0 Å². The van der Waals surface area contributed by atoms with Crippen LogP contribution in [0.5, 0.6) is 0 Å². The predicted octanol–water partition coefficient (Wildman–Crippen LogP) is 4.65. The maximum Gasteiger partial charge on any atom is 0.231 e. The van der Waals surface area contributed by atoms with Crippen LogP contribution in [0.1, 0.15) is 18.5 Å². The number of nitrogens with one attached hydrogen (secondary N) is 1. The molecule has 0 unspecified atom stereocenters. The average Bonchev–Trinajstić information content (AvgIpc) is 3.08. The third-order valence-corrected chi connectivity index (χ3v) is 4.15. The van der Waals surface area contributed by atoms with Crippen LogP contribution in [0, 0.1) is 0 Å². The van der Waals surface area contributed by atoms with E-state index in [-0.39, 0.29) is 6.04 Å². The largest absolute Gasteiger partial charge is 0.438 e. The van der Waals surface area contributed by atoms with E-state index >= 15 is 0 Å². The highest BCUT2D eigenvalue weighted by Gasteiger charge is 2.14. The minimum Gasteiger partial charge on any atom is -0.438 e. The van der Waals surface area contributed by atoms with Gasteiger partial charge in [0.2, 0.25) is 5.71 Å². The fourth-order valence-corrected chi connectivity index (χ4v) is 2.83. The van der Waals surface area contributed by atoms with Crippen molar-refractivity contribution in [2.24, 2.45) is 0 Å². The van der Waals surface area contributed by atoms with Crippen molar-refractivity contribution in [1.82, 2.24) is 9.97 Å². The molecule has 4 rings (SSSR count). The molecule has 5 heteroatoms. The minimum absolute atomic E-state index is 0.116. The van der Waals surface area contributed by atoms with Gasteiger partial charge < -0.3 is 15.5 Å². The molecule has 0 aliphatic carbocycles. The van der Waals surface area contributed by atoms with E-state index in [1.54, 1.807) is 0 Å². The third kappa shape index (κ3) is 3.04. The van der Waals surface area contributed by atoms with Crippen molar-refractivity contribution in [3.63, 3.8) is 0 Å². The topological polar surface area (TPSA) is 77.0 Å². The molecule has 2 aromatic carbocycles. The fraction of sp³-hybridized carbons (Fsp3) is 0.100. The Labute approximate surface area is 145 Å². The molecule has 0 spiro atoms. The van der Waals surface area contributed by atoms with Crippen LogP contribution in [-0.4, -0.2) is 9.97 Å². The molecule has 0 saturated heterocycles. The molecule has 1 atom stereocenters. The number of fused-ring (bicyclic) bond motifs is 1. The monoisotopic (exact) mass is 330 g/mol. The van der Waals surface area contributed by atoms with Crippen molar-refractivity contribution in [3.05, 3.63) is 72.6 Å². The molecule has 2 aromatic heterocycles. The molecule has 0 aliphatic rings. The van der Waals surface area contributed by atoms with Crippen LogP contribution in [0.3, 0.4) is 0 Å². The molecule has 0 radical (unpaired) electrons. The number of nitrogens with two attached hydrogens (primary N) is 1. The first-order chi connectivity index (χ1) is 12.2. The SMILES string of the molecule is C[C@@H](Nc1ncnc2oc(-c3cccc(N)c3)cc12)c1ccccc1. The van der Waals surface area contributed by atoms with E-state index in [4.69, 9.17) is 10.2 Å². The highest BCUT2D eigenvalue weighted by molar-refractivity contribution is 5.89. The van der Waals surface area contributed by atoms with Gasteiger partial charge in [-0.3, -0.25) is 0 Å². The summed E-state index contributed by atoms with van der Waals surface area (Å²) in [6.07, 6.45) is 1.51. The molecule has 2 heterocycles. The van der Waals surface area contributed by atoms with Crippen molar-refractivity contribution < 1.29 is 4.42 Å². The number of furan rings is 1. The van der Waals surface area contributed by atoms with Crippen LogP contribution in [0.4, 0.5) is 11.5 Å². The lowest BCUT2D eigenvalue weighted by molar-refractivity contribution is 0.617. The van der Waals surface area contributed by atoms with E-state index in [1.165, 1.54) is 11.9 Å².